The number of amides is 1. The van der Waals surface area contributed by atoms with Gasteiger partial charge in [-0.1, -0.05) is 24.3 Å². The highest BCUT2D eigenvalue weighted by Crippen LogP contribution is 2.34. The van der Waals surface area contributed by atoms with Crippen molar-refractivity contribution in [1.82, 2.24) is 0 Å². The summed E-state index contributed by atoms with van der Waals surface area (Å²) in [4.78, 5) is 15.6. The molecule has 0 saturated heterocycles. The summed E-state index contributed by atoms with van der Waals surface area (Å²) in [6, 6.07) is 12.9. The van der Waals surface area contributed by atoms with Gasteiger partial charge in [0.25, 0.3) is 5.91 Å². The molecule has 0 spiro atoms. The van der Waals surface area contributed by atoms with Gasteiger partial charge in [0.2, 0.25) is 0 Å². The van der Waals surface area contributed by atoms with E-state index in [2.05, 4.69) is 4.99 Å². The van der Waals surface area contributed by atoms with Crippen LogP contribution in [0.3, 0.4) is 0 Å². The number of nitrogens with two attached hydrogens (primary N) is 2. The van der Waals surface area contributed by atoms with Crippen molar-refractivity contribution in [3.8, 4) is 33.8 Å². The molecule has 0 aliphatic carbocycles. The molecule has 6 nitrogen and oxygen atoms in total. The number of carbonyl (C=O) groups excluding carboxylic acids is 1. The van der Waals surface area contributed by atoms with Gasteiger partial charge in [-0.3, -0.25) is 4.79 Å². The number of rotatable bonds is 4. The van der Waals surface area contributed by atoms with E-state index in [0.717, 1.165) is 12.1 Å². The van der Waals surface area contributed by atoms with Crippen LogP contribution in [0.5, 0.6) is 11.5 Å². The van der Waals surface area contributed by atoms with Crippen LogP contribution < -0.4 is 11.5 Å². The van der Waals surface area contributed by atoms with Gasteiger partial charge < -0.3 is 21.7 Å². The van der Waals surface area contributed by atoms with Gasteiger partial charge in [-0.2, -0.15) is 4.99 Å². The lowest BCUT2D eigenvalue weighted by molar-refractivity contribution is -0.114. The van der Waals surface area contributed by atoms with E-state index in [-0.39, 0.29) is 11.5 Å². The summed E-state index contributed by atoms with van der Waals surface area (Å²) in [7, 11) is 0. The Hall–Kier alpha value is -4.20. The number of halogens is 2. The van der Waals surface area contributed by atoms with Crippen LogP contribution in [-0.2, 0) is 4.79 Å². The first-order chi connectivity index (χ1) is 14.7. The van der Waals surface area contributed by atoms with Crippen LogP contribution in [0, 0.1) is 11.6 Å². The summed E-state index contributed by atoms with van der Waals surface area (Å²) in [6.07, 6.45) is 1.55. The van der Waals surface area contributed by atoms with E-state index in [0.29, 0.717) is 27.8 Å². The quantitative estimate of drug-likeness (QED) is 0.288. The summed E-state index contributed by atoms with van der Waals surface area (Å²) in [5, 5.41) is 19.5. The first-order valence-electron chi connectivity index (χ1n) is 9.10. The highest BCUT2D eigenvalue weighted by molar-refractivity contribution is 6.04. The molecule has 0 heterocycles. The van der Waals surface area contributed by atoms with Gasteiger partial charge in [0.15, 0.2) is 29.1 Å². The molecule has 3 rings (SSSR count). The zero-order chi connectivity index (χ0) is 22.7. The molecule has 0 saturated carbocycles. The van der Waals surface area contributed by atoms with Crippen molar-refractivity contribution in [1.29, 1.82) is 0 Å². The smallest absolute Gasteiger partial charge is 0.275 e. The molecular weight excluding hydrogens is 404 g/mol. The van der Waals surface area contributed by atoms with Crippen molar-refractivity contribution < 1.29 is 23.8 Å². The van der Waals surface area contributed by atoms with Crippen molar-refractivity contribution in [3.63, 3.8) is 0 Å². The van der Waals surface area contributed by atoms with Crippen molar-refractivity contribution in [2.45, 2.75) is 6.92 Å². The van der Waals surface area contributed by atoms with E-state index in [4.69, 9.17) is 11.5 Å². The maximum atomic E-state index is 13.6. The monoisotopic (exact) mass is 423 g/mol. The van der Waals surface area contributed by atoms with Crippen molar-refractivity contribution in [3.05, 3.63) is 77.4 Å². The number of nitrogens with zero attached hydrogens (tertiary/aromatic N) is 1. The predicted molar refractivity (Wildman–Crippen MR) is 115 cm³/mol. The van der Waals surface area contributed by atoms with E-state index in [9.17, 15) is 23.8 Å². The number of aliphatic imine (C=N–C) groups is 1. The molecule has 0 fully saturated rings. The standard InChI is InChI=1S/C23H19F2N3O3/c1-12(22(31)28-23(26)27)8-15-3-2-13(14-4-6-18(24)20(29)10-14)9-17(15)16-5-7-19(25)21(30)11-16/h2-11,29-30H,1H3,(H4,26,27,28,31). The largest absolute Gasteiger partial charge is 0.505 e. The fourth-order valence-electron chi connectivity index (χ4n) is 2.98. The molecule has 3 aromatic carbocycles. The Kier molecular flexibility index (Phi) is 6.01. The molecule has 0 aliphatic heterocycles. The molecule has 1 amide bonds. The Morgan fingerprint density at radius 3 is 1.97 bits per heavy atom. The third-order valence-corrected chi connectivity index (χ3v) is 4.53. The van der Waals surface area contributed by atoms with Crippen LogP contribution in [0.1, 0.15) is 12.5 Å². The molecule has 158 valence electrons. The summed E-state index contributed by atoms with van der Waals surface area (Å²) < 4.78 is 27.0. The SMILES string of the molecule is CC(=Cc1ccc(-c2ccc(F)c(O)c2)cc1-c1ccc(F)c(O)c1)C(=O)N=C(N)N. The summed E-state index contributed by atoms with van der Waals surface area (Å²) >= 11 is 0. The van der Waals surface area contributed by atoms with Crippen LogP contribution in [-0.4, -0.2) is 22.1 Å². The third-order valence-electron chi connectivity index (χ3n) is 4.53. The number of phenolic OH excluding ortho intramolecular Hbond substituents is 2. The highest BCUT2D eigenvalue weighted by atomic mass is 19.1. The number of benzene rings is 3. The number of hydrogen-bond acceptors (Lipinski definition) is 3. The van der Waals surface area contributed by atoms with Gasteiger partial charge in [-0.25, -0.2) is 8.78 Å². The topological polar surface area (TPSA) is 122 Å². The van der Waals surface area contributed by atoms with Crippen molar-refractivity contribution >= 4 is 17.9 Å². The molecule has 0 radical (unpaired) electrons. The van der Waals surface area contributed by atoms with Gasteiger partial charge in [-0.15, -0.1) is 0 Å². The second-order valence-electron chi connectivity index (χ2n) is 6.80. The Morgan fingerprint density at radius 1 is 0.871 bits per heavy atom. The van der Waals surface area contributed by atoms with E-state index >= 15 is 0 Å². The normalized spacial score (nSPS) is 11.3. The van der Waals surface area contributed by atoms with Crippen LogP contribution >= 0.6 is 0 Å². The summed E-state index contributed by atoms with van der Waals surface area (Å²) in [6.45, 7) is 1.53. The molecule has 6 N–H and O–H groups in total. The highest BCUT2D eigenvalue weighted by Gasteiger charge is 2.12. The lowest BCUT2D eigenvalue weighted by atomic mass is 9.93. The van der Waals surface area contributed by atoms with Gasteiger partial charge in [0.1, 0.15) is 0 Å². The lowest BCUT2D eigenvalue weighted by Crippen LogP contribution is -2.24. The first-order valence-corrected chi connectivity index (χ1v) is 9.10. The van der Waals surface area contributed by atoms with Crippen LogP contribution in [0.4, 0.5) is 8.78 Å². The molecule has 0 aliphatic rings. The zero-order valence-corrected chi connectivity index (χ0v) is 16.4. The second-order valence-corrected chi connectivity index (χ2v) is 6.80. The predicted octanol–water partition coefficient (Wildman–Crippen LogP) is 3.91. The fraction of sp³-hybridized carbons (Fsp3) is 0.0435. The van der Waals surface area contributed by atoms with E-state index in [1.165, 1.54) is 31.2 Å². The molecule has 0 aromatic heterocycles. The van der Waals surface area contributed by atoms with E-state index in [1.807, 2.05) is 0 Å². The van der Waals surface area contributed by atoms with Gasteiger partial charge in [-0.05, 0) is 71.1 Å². The van der Waals surface area contributed by atoms with Crippen LogP contribution in [0.2, 0.25) is 0 Å². The molecular formula is C23H19F2N3O3. The number of hydrogen-bond donors (Lipinski definition) is 4. The zero-order valence-electron chi connectivity index (χ0n) is 16.4. The van der Waals surface area contributed by atoms with Gasteiger partial charge in [0.05, 0.1) is 0 Å². The average molecular weight is 423 g/mol. The van der Waals surface area contributed by atoms with E-state index in [1.54, 1.807) is 24.3 Å². The lowest BCUT2D eigenvalue weighted by Gasteiger charge is -2.12. The first kappa shape index (κ1) is 21.5. The molecule has 0 bridgehead atoms. The minimum atomic E-state index is -0.778. The average Bonchev–Trinajstić information content (AvgIpc) is 2.72. The minimum Gasteiger partial charge on any atom is -0.505 e. The third kappa shape index (κ3) is 4.87. The number of carbonyl (C=O) groups is 1. The Labute approximate surface area is 176 Å². The Morgan fingerprint density at radius 2 is 1.39 bits per heavy atom. The minimum absolute atomic E-state index is 0.244. The fourth-order valence-corrected chi connectivity index (χ4v) is 2.98. The van der Waals surface area contributed by atoms with Crippen molar-refractivity contribution in [2.24, 2.45) is 16.5 Å². The molecule has 0 atom stereocenters. The maximum Gasteiger partial charge on any atom is 0.275 e. The Bertz CT molecular complexity index is 1230. The van der Waals surface area contributed by atoms with Gasteiger partial charge >= 0.3 is 0 Å². The van der Waals surface area contributed by atoms with Gasteiger partial charge in [0, 0.05) is 5.57 Å². The molecule has 3 aromatic rings. The van der Waals surface area contributed by atoms with Crippen molar-refractivity contribution in [2.75, 3.05) is 0 Å². The van der Waals surface area contributed by atoms with Crippen LogP contribution in [0.15, 0.2) is 65.2 Å². The summed E-state index contributed by atoms with van der Waals surface area (Å²) in [5.74, 6) is -3.56. The van der Waals surface area contributed by atoms with Crippen LogP contribution in [0.25, 0.3) is 28.3 Å². The number of phenols is 2. The molecule has 31 heavy (non-hydrogen) atoms. The Balaban J connectivity index is 2.18. The van der Waals surface area contributed by atoms with E-state index < -0.39 is 29.0 Å². The maximum absolute atomic E-state index is 13.6. The molecule has 0 unspecified atom stereocenters. The number of guanidine groups is 1. The number of aromatic hydroxyl groups is 2. The molecule has 8 heteroatoms. The summed E-state index contributed by atoms with van der Waals surface area (Å²) in [5.41, 5.74) is 13.5. The second kappa shape index (κ2) is 8.66.